The number of Topliss-reactive ketones (excluding diaryl/α,β-unsaturated/α-hetero) is 1. The molecule has 0 unspecified atom stereocenters. The number of carbonyl (C=O) groups is 1. The summed E-state index contributed by atoms with van der Waals surface area (Å²) in [6.07, 6.45) is 2.23. The number of phenols is 1. The van der Waals surface area contributed by atoms with E-state index in [-0.39, 0.29) is 11.5 Å². The Bertz CT molecular complexity index is 824. The molecule has 1 aliphatic carbocycles. The van der Waals surface area contributed by atoms with Crippen LogP contribution in [0.2, 0.25) is 0 Å². The van der Waals surface area contributed by atoms with Gasteiger partial charge in [0, 0.05) is 27.6 Å². The molecular weight excluding hydrogens is 360 g/mol. The van der Waals surface area contributed by atoms with Crippen molar-refractivity contribution in [1.82, 2.24) is 0 Å². The van der Waals surface area contributed by atoms with Gasteiger partial charge in [0.25, 0.3) is 0 Å². The fraction of sp³-hybridized carbons (Fsp3) is 0.167. The molecule has 1 N–H and O–H groups in total. The first-order valence-electron chi connectivity index (χ1n) is 7.02. The van der Waals surface area contributed by atoms with Crippen LogP contribution in [-0.2, 0) is 6.42 Å². The molecule has 3 rings (SSSR count). The number of aromatic hydroxyl groups is 1. The lowest BCUT2D eigenvalue weighted by atomic mass is 10.1. The van der Waals surface area contributed by atoms with E-state index in [1.54, 1.807) is 38.5 Å². The maximum absolute atomic E-state index is 12.5. The summed E-state index contributed by atoms with van der Waals surface area (Å²) < 4.78 is 11.4. The fourth-order valence-electron chi connectivity index (χ4n) is 2.70. The van der Waals surface area contributed by atoms with E-state index >= 15 is 0 Å². The number of rotatable bonds is 3. The number of ether oxygens (including phenoxy) is 2. The van der Waals surface area contributed by atoms with Crippen molar-refractivity contribution in [1.29, 1.82) is 0 Å². The quantitative estimate of drug-likeness (QED) is 0.825. The highest BCUT2D eigenvalue weighted by atomic mass is 79.9. The standard InChI is InChI=1S/C18H15BrO4/c1-22-16-8-10(14(19)9-17(16)23-2)6-11-7-13-12(18(11)21)4-3-5-15(13)20/h3-6,8-9,20H,7H2,1-2H3/b11-6+. The first-order chi connectivity index (χ1) is 11.0. The van der Waals surface area contributed by atoms with Crippen molar-refractivity contribution in [3.8, 4) is 17.2 Å². The van der Waals surface area contributed by atoms with Gasteiger partial charge in [-0.05, 0) is 29.8 Å². The number of halogens is 1. The number of phenolic OH excluding ortho intramolecular Hbond substituents is 1. The van der Waals surface area contributed by atoms with Gasteiger partial charge in [-0.1, -0.05) is 28.1 Å². The number of carbonyl (C=O) groups excluding carboxylic acids is 1. The molecule has 0 radical (unpaired) electrons. The highest BCUT2D eigenvalue weighted by molar-refractivity contribution is 9.10. The Labute approximate surface area is 142 Å². The van der Waals surface area contributed by atoms with Crippen molar-refractivity contribution in [2.24, 2.45) is 0 Å². The molecule has 0 aliphatic heterocycles. The van der Waals surface area contributed by atoms with Crippen LogP contribution in [0.25, 0.3) is 6.08 Å². The van der Waals surface area contributed by atoms with Gasteiger partial charge in [-0.15, -0.1) is 0 Å². The molecule has 23 heavy (non-hydrogen) atoms. The average molecular weight is 375 g/mol. The first kappa shape index (κ1) is 15.6. The second-order valence-electron chi connectivity index (χ2n) is 5.21. The van der Waals surface area contributed by atoms with E-state index in [0.717, 1.165) is 10.0 Å². The molecule has 0 saturated carbocycles. The van der Waals surface area contributed by atoms with E-state index in [1.165, 1.54) is 0 Å². The molecule has 0 atom stereocenters. The summed E-state index contributed by atoms with van der Waals surface area (Å²) in [5.74, 6) is 1.30. The van der Waals surface area contributed by atoms with Crippen LogP contribution in [0.15, 0.2) is 40.4 Å². The molecule has 1 aliphatic rings. The smallest absolute Gasteiger partial charge is 0.189 e. The third-order valence-electron chi connectivity index (χ3n) is 3.89. The van der Waals surface area contributed by atoms with Crippen molar-refractivity contribution in [3.63, 3.8) is 0 Å². The molecule has 0 amide bonds. The third kappa shape index (κ3) is 2.72. The van der Waals surface area contributed by atoms with Gasteiger partial charge in [0.05, 0.1) is 14.2 Å². The van der Waals surface area contributed by atoms with Gasteiger partial charge >= 0.3 is 0 Å². The van der Waals surface area contributed by atoms with Crippen molar-refractivity contribution in [2.45, 2.75) is 6.42 Å². The first-order valence-corrected chi connectivity index (χ1v) is 7.82. The van der Waals surface area contributed by atoms with Gasteiger partial charge in [0.15, 0.2) is 17.3 Å². The van der Waals surface area contributed by atoms with Crippen LogP contribution < -0.4 is 9.47 Å². The lowest BCUT2D eigenvalue weighted by Crippen LogP contribution is -1.96. The van der Waals surface area contributed by atoms with E-state index in [9.17, 15) is 9.90 Å². The topological polar surface area (TPSA) is 55.8 Å². The zero-order chi connectivity index (χ0) is 16.6. The fourth-order valence-corrected chi connectivity index (χ4v) is 3.14. The van der Waals surface area contributed by atoms with Gasteiger partial charge in [-0.25, -0.2) is 0 Å². The minimum atomic E-state index is -0.0578. The highest BCUT2D eigenvalue weighted by Gasteiger charge is 2.27. The molecule has 0 heterocycles. The Balaban J connectivity index is 2.04. The van der Waals surface area contributed by atoms with Crippen LogP contribution in [0.5, 0.6) is 17.2 Å². The van der Waals surface area contributed by atoms with Crippen LogP contribution in [-0.4, -0.2) is 25.1 Å². The summed E-state index contributed by atoms with van der Waals surface area (Å²) >= 11 is 3.49. The maximum atomic E-state index is 12.5. The molecule has 2 aromatic rings. The second-order valence-corrected chi connectivity index (χ2v) is 6.06. The number of hydrogen-bond donors (Lipinski definition) is 1. The van der Waals surface area contributed by atoms with Gasteiger partial charge in [0.2, 0.25) is 0 Å². The van der Waals surface area contributed by atoms with Crippen LogP contribution in [0.4, 0.5) is 0 Å². The van der Waals surface area contributed by atoms with Crippen LogP contribution >= 0.6 is 15.9 Å². The minimum Gasteiger partial charge on any atom is -0.508 e. The predicted octanol–water partition coefficient (Wildman–Crippen LogP) is 3.99. The zero-order valence-electron chi connectivity index (χ0n) is 12.7. The zero-order valence-corrected chi connectivity index (χ0v) is 14.3. The normalized spacial score (nSPS) is 14.9. The highest BCUT2D eigenvalue weighted by Crippen LogP contribution is 2.37. The molecule has 4 nitrogen and oxygen atoms in total. The predicted molar refractivity (Wildman–Crippen MR) is 91.4 cm³/mol. The molecule has 0 bridgehead atoms. The minimum absolute atomic E-state index is 0.0578. The number of fused-ring (bicyclic) bond motifs is 1. The monoisotopic (exact) mass is 374 g/mol. The van der Waals surface area contributed by atoms with Gasteiger partial charge in [-0.2, -0.15) is 0 Å². The molecular formula is C18H15BrO4. The maximum Gasteiger partial charge on any atom is 0.189 e. The van der Waals surface area contributed by atoms with Crippen molar-refractivity contribution in [3.05, 3.63) is 57.1 Å². The van der Waals surface area contributed by atoms with Gasteiger partial charge in [-0.3, -0.25) is 4.79 Å². The molecule has 0 fully saturated rings. The average Bonchev–Trinajstić information content (AvgIpc) is 2.87. The Morgan fingerprint density at radius 3 is 2.52 bits per heavy atom. The van der Waals surface area contributed by atoms with E-state index in [1.807, 2.05) is 12.1 Å². The van der Waals surface area contributed by atoms with Crippen LogP contribution in [0, 0.1) is 0 Å². The molecule has 0 aromatic heterocycles. The number of allylic oxidation sites excluding steroid dienone is 1. The molecule has 118 valence electrons. The van der Waals surface area contributed by atoms with E-state index < -0.39 is 0 Å². The number of methoxy groups -OCH3 is 2. The molecule has 0 saturated heterocycles. The largest absolute Gasteiger partial charge is 0.508 e. The van der Waals surface area contributed by atoms with Crippen molar-refractivity contribution < 1.29 is 19.4 Å². The Morgan fingerprint density at radius 2 is 1.87 bits per heavy atom. The number of hydrogen-bond acceptors (Lipinski definition) is 4. The van der Waals surface area contributed by atoms with Gasteiger partial charge in [0.1, 0.15) is 5.75 Å². The Morgan fingerprint density at radius 1 is 1.17 bits per heavy atom. The number of ketones is 1. The summed E-state index contributed by atoms with van der Waals surface area (Å²) in [6.45, 7) is 0. The third-order valence-corrected chi connectivity index (χ3v) is 4.57. The summed E-state index contributed by atoms with van der Waals surface area (Å²) in [5.41, 5.74) is 2.70. The Hall–Kier alpha value is -2.27. The van der Waals surface area contributed by atoms with E-state index in [4.69, 9.17) is 9.47 Å². The SMILES string of the molecule is COc1cc(Br)c(/C=C2\Cc3c(O)cccc3C2=O)cc1OC. The molecule has 5 heteroatoms. The van der Waals surface area contributed by atoms with E-state index in [0.29, 0.717) is 34.6 Å². The summed E-state index contributed by atoms with van der Waals surface area (Å²) in [6, 6.07) is 8.63. The molecule has 0 spiro atoms. The van der Waals surface area contributed by atoms with Gasteiger partial charge < -0.3 is 14.6 Å². The second kappa shape index (κ2) is 6.08. The van der Waals surface area contributed by atoms with Crippen LogP contribution in [0.1, 0.15) is 21.5 Å². The lowest BCUT2D eigenvalue weighted by molar-refractivity contribution is 0.104. The Kier molecular flexibility index (Phi) is 4.13. The number of benzene rings is 2. The van der Waals surface area contributed by atoms with Crippen molar-refractivity contribution in [2.75, 3.05) is 14.2 Å². The summed E-state index contributed by atoms with van der Waals surface area (Å²) in [7, 11) is 3.14. The molecule has 2 aromatic carbocycles. The van der Waals surface area contributed by atoms with Crippen LogP contribution in [0.3, 0.4) is 0 Å². The lowest BCUT2D eigenvalue weighted by Gasteiger charge is -2.10. The van der Waals surface area contributed by atoms with Crippen molar-refractivity contribution >= 4 is 27.8 Å². The van der Waals surface area contributed by atoms with E-state index in [2.05, 4.69) is 15.9 Å². The summed E-state index contributed by atoms with van der Waals surface area (Å²) in [5, 5.41) is 9.91. The summed E-state index contributed by atoms with van der Waals surface area (Å²) in [4.78, 5) is 12.5.